The predicted molar refractivity (Wildman–Crippen MR) is 123 cm³/mol. The molecule has 1 aliphatic heterocycles. The molecule has 6 heteroatoms. The van der Waals surface area contributed by atoms with Gasteiger partial charge < -0.3 is 20.3 Å². The Morgan fingerprint density at radius 3 is 2.35 bits per heavy atom. The van der Waals surface area contributed by atoms with Gasteiger partial charge in [0, 0.05) is 12.2 Å². The van der Waals surface area contributed by atoms with Gasteiger partial charge in [0.2, 0.25) is 5.91 Å². The summed E-state index contributed by atoms with van der Waals surface area (Å²) in [6.07, 6.45) is 1.90. The molecule has 5 nitrogen and oxygen atoms in total. The van der Waals surface area contributed by atoms with E-state index in [-0.39, 0.29) is 23.7 Å². The topological polar surface area (TPSA) is 53.6 Å². The summed E-state index contributed by atoms with van der Waals surface area (Å²) in [6.45, 7) is 7.31. The summed E-state index contributed by atoms with van der Waals surface area (Å²) >= 11 is 0. The van der Waals surface area contributed by atoms with Gasteiger partial charge in [0.15, 0.2) is 0 Å². The van der Waals surface area contributed by atoms with Crippen LogP contribution < -0.4 is 15.4 Å². The molecule has 2 aromatic carbocycles. The molecule has 31 heavy (non-hydrogen) atoms. The number of halogens is 1. The number of anilines is 1. The van der Waals surface area contributed by atoms with Crippen molar-refractivity contribution in [2.45, 2.75) is 39.3 Å². The second-order valence-corrected chi connectivity index (χ2v) is 8.84. The van der Waals surface area contributed by atoms with Crippen molar-refractivity contribution >= 4 is 11.6 Å². The number of amides is 1. The summed E-state index contributed by atoms with van der Waals surface area (Å²) in [6, 6.07) is 13.7. The molecule has 1 unspecified atom stereocenters. The number of nitrogens with one attached hydrogen (secondary N) is 2. The number of likely N-dealkylation sites (tertiary alicyclic amines) is 1. The standard InChI is InChI=1S/C25H34FN3O2/c1-18(2)17-31-23-10-4-19(5-11-23)16-27-25(30)24(20-12-14-29(3)15-13-20)28-22-8-6-21(26)7-9-22/h4-11,18,20,24,28H,12-17H2,1-3H3,(H,27,30). The Morgan fingerprint density at radius 1 is 1.10 bits per heavy atom. The second-order valence-electron chi connectivity index (χ2n) is 8.84. The highest BCUT2D eigenvalue weighted by molar-refractivity contribution is 5.85. The van der Waals surface area contributed by atoms with Crippen LogP contribution in [0.3, 0.4) is 0 Å². The maximum absolute atomic E-state index is 13.3. The van der Waals surface area contributed by atoms with Gasteiger partial charge in [-0.15, -0.1) is 0 Å². The molecule has 1 saturated heterocycles. The van der Waals surface area contributed by atoms with Crippen molar-refractivity contribution in [3.63, 3.8) is 0 Å². The van der Waals surface area contributed by atoms with E-state index in [2.05, 4.69) is 36.4 Å². The molecule has 1 amide bonds. The average Bonchev–Trinajstić information content (AvgIpc) is 2.77. The molecule has 168 valence electrons. The number of rotatable bonds is 9. The van der Waals surface area contributed by atoms with Crippen LogP contribution in [0.25, 0.3) is 0 Å². The minimum Gasteiger partial charge on any atom is -0.493 e. The molecule has 0 saturated carbocycles. The third-order valence-corrected chi connectivity index (χ3v) is 5.66. The molecular formula is C25H34FN3O2. The monoisotopic (exact) mass is 427 g/mol. The number of hydrogen-bond acceptors (Lipinski definition) is 4. The first-order valence-electron chi connectivity index (χ1n) is 11.1. The van der Waals surface area contributed by atoms with Crippen molar-refractivity contribution in [3.8, 4) is 5.75 Å². The number of benzene rings is 2. The molecule has 0 spiro atoms. The highest BCUT2D eigenvalue weighted by Gasteiger charge is 2.30. The molecule has 0 bridgehead atoms. The van der Waals surface area contributed by atoms with E-state index in [1.165, 1.54) is 12.1 Å². The zero-order valence-electron chi connectivity index (χ0n) is 18.7. The van der Waals surface area contributed by atoms with Gasteiger partial charge in [-0.3, -0.25) is 4.79 Å². The maximum atomic E-state index is 13.3. The second kappa shape index (κ2) is 11.1. The molecule has 0 radical (unpaired) electrons. The number of nitrogens with zero attached hydrogens (tertiary/aromatic N) is 1. The number of carbonyl (C=O) groups is 1. The zero-order chi connectivity index (χ0) is 22.2. The minimum absolute atomic E-state index is 0.0287. The van der Waals surface area contributed by atoms with Crippen LogP contribution in [0.4, 0.5) is 10.1 Å². The van der Waals surface area contributed by atoms with E-state index in [9.17, 15) is 9.18 Å². The SMILES string of the molecule is CC(C)COc1ccc(CNC(=O)C(Nc2ccc(F)cc2)C2CCN(C)CC2)cc1. The molecule has 0 aromatic heterocycles. The maximum Gasteiger partial charge on any atom is 0.243 e. The van der Waals surface area contributed by atoms with Gasteiger partial charge in [0.05, 0.1) is 6.61 Å². The van der Waals surface area contributed by atoms with Crippen molar-refractivity contribution in [2.75, 3.05) is 32.1 Å². The summed E-state index contributed by atoms with van der Waals surface area (Å²) < 4.78 is 19.0. The van der Waals surface area contributed by atoms with E-state index in [0.29, 0.717) is 19.1 Å². The van der Waals surface area contributed by atoms with Crippen molar-refractivity contribution in [2.24, 2.45) is 11.8 Å². The zero-order valence-corrected chi connectivity index (χ0v) is 18.7. The van der Waals surface area contributed by atoms with Gasteiger partial charge in [-0.1, -0.05) is 26.0 Å². The van der Waals surface area contributed by atoms with Crippen LogP contribution in [0.15, 0.2) is 48.5 Å². The summed E-state index contributed by atoms with van der Waals surface area (Å²) in [4.78, 5) is 15.4. The molecule has 0 aliphatic carbocycles. The molecule has 2 aromatic rings. The number of carbonyl (C=O) groups excluding carboxylic acids is 1. The fourth-order valence-corrected chi connectivity index (χ4v) is 3.75. The largest absolute Gasteiger partial charge is 0.493 e. The summed E-state index contributed by atoms with van der Waals surface area (Å²) in [7, 11) is 2.10. The van der Waals surface area contributed by atoms with Crippen molar-refractivity contribution in [3.05, 3.63) is 59.9 Å². The van der Waals surface area contributed by atoms with Gasteiger partial charge in [0.1, 0.15) is 17.6 Å². The quantitative estimate of drug-likeness (QED) is 0.627. The Balaban J connectivity index is 1.61. The van der Waals surface area contributed by atoms with E-state index >= 15 is 0 Å². The first-order chi connectivity index (χ1) is 14.9. The molecule has 1 fully saturated rings. The fourth-order valence-electron chi connectivity index (χ4n) is 3.75. The van der Waals surface area contributed by atoms with E-state index in [1.54, 1.807) is 12.1 Å². The Morgan fingerprint density at radius 2 is 1.74 bits per heavy atom. The van der Waals surface area contributed by atoms with Gasteiger partial charge in [-0.25, -0.2) is 4.39 Å². The Kier molecular flexibility index (Phi) is 8.29. The molecule has 2 N–H and O–H groups in total. The van der Waals surface area contributed by atoms with Crippen LogP contribution in [0.2, 0.25) is 0 Å². The van der Waals surface area contributed by atoms with Gasteiger partial charge >= 0.3 is 0 Å². The average molecular weight is 428 g/mol. The van der Waals surface area contributed by atoms with E-state index in [4.69, 9.17) is 4.74 Å². The van der Waals surface area contributed by atoms with Crippen molar-refractivity contribution < 1.29 is 13.9 Å². The van der Waals surface area contributed by atoms with Crippen molar-refractivity contribution in [1.29, 1.82) is 0 Å². The smallest absolute Gasteiger partial charge is 0.243 e. The van der Waals surface area contributed by atoms with Crippen LogP contribution in [-0.4, -0.2) is 43.6 Å². The number of ether oxygens (including phenoxy) is 1. The normalized spacial score (nSPS) is 16.2. The van der Waals surface area contributed by atoms with Crippen LogP contribution in [0.5, 0.6) is 5.75 Å². The van der Waals surface area contributed by atoms with E-state index in [0.717, 1.165) is 42.9 Å². The highest BCUT2D eigenvalue weighted by atomic mass is 19.1. The minimum atomic E-state index is -0.354. The number of piperidine rings is 1. The summed E-state index contributed by atoms with van der Waals surface area (Å²) in [5.74, 6) is 1.23. The lowest BCUT2D eigenvalue weighted by molar-refractivity contribution is -0.123. The first kappa shape index (κ1) is 23.1. The lowest BCUT2D eigenvalue weighted by Gasteiger charge is -2.34. The molecule has 1 aliphatic rings. The third-order valence-electron chi connectivity index (χ3n) is 5.66. The molecule has 1 heterocycles. The molecule has 3 rings (SSSR count). The van der Waals surface area contributed by atoms with Crippen LogP contribution in [-0.2, 0) is 11.3 Å². The predicted octanol–water partition coefficient (Wildman–Crippen LogP) is 4.30. The van der Waals surface area contributed by atoms with Crippen LogP contribution in [0.1, 0.15) is 32.3 Å². The van der Waals surface area contributed by atoms with E-state index < -0.39 is 0 Å². The van der Waals surface area contributed by atoms with Gasteiger partial charge in [-0.05, 0) is 86.8 Å². The summed E-state index contributed by atoms with van der Waals surface area (Å²) in [5, 5.41) is 6.42. The lowest BCUT2D eigenvalue weighted by atomic mass is 9.88. The van der Waals surface area contributed by atoms with Crippen LogP contribution in [0, 0.1) is 17.7 Å². The Labute approximate surface area is 185 Å². The summed E-state index contributed by atoms with van der Waals surface area (Å²) in [5.41, 5.74) is 1.78. The fraction of sp³-hybridized carbons (Fsp3) is 0.480. The Bertz CT molecular complexity index is 816. The first-order valence-corrected chi connectivity index (χ1v) is 11.1. The highest BCUT2D eigenvalue weighted by Crippen LogP contribution is 2.24. The van der Waals surface area contributed by atoms with Crippen molar-refractivity contribution in [1.82, 2.24) is 10.2 Å². The van der Waals surface area contributed by atoms with Gasteiger partial charge in [0.25, 0.3) is 0 Å². The van der Waals surface area contributed by atoms with Gasteiger partial charge in [-0.2, -0.15) is 0 Å². The van der Waals surface area contributed by atoms with Crippen LogP contribution >= 0.6 is 0 Å². The van der Waals surface area contributed by atoms with E-state index in [1.807, 2.05) is 24.3 Å². The lowest BCUT2D eigenvalue weighted by Crippen LogP contribution is -2.47. The Hall–Kier alpha value is -2.60. The molecule has 1 atom stereocenters. The molecular weight excluding hydrogens is 393 g/mol. The number of hydrogen-bond donors (Lipinski definition) is 2. The third kappa shape index (κ3) is 7.24.